The highest BCUT2D eigenvalue weighted by atomic mass is 16.3. The van der Waals surface area contributed by atoms with Gasteiger partial charge in [-0.25, -0.2) is 0 Å². The van der Waals surface area contributed by atoms with Gasteiger partial charge < -0.3 is 10.2 Å². The molecule has 0 radical (unpaired) electrons. The Morgan fingerprint density at radius 1 is 1.12 bits per heavy atom. The number of hydrogen-bond acceptors (Lipinski definition) is 2. The van der Waals surface area contributed by atoms with Crippen molar-refractivity contribution >= 4 is 0 Å². The minimum Gasteiger partial charge on any atom is -0.396 e. The summed E-state index contributed by atoms with van der Waals surface area (Å²) in [5.41, 5.74) is 1.26. The summed E-state index contributed by atoms with van der Waals surface area (Å²) in [4.78, 5) is 0. The van der Waals surface area contributed by atoms with E-state index < -0.39 is 0 Å². The second-order valence-electron chi connectivity index (χ2n) is 4.24. The van der Waals surface area contributed by atoms with Crippen molar-refractivity contribution in [2.45, 2.75) is 38.2 Å². The summed E-state index contributed by atoms with van der Waals surface area (Å²) < 4.78 is 0. The van der Waals surface area contributed by atoms with Gasteiger partial charge in [0.05, 0.1) is 6.10 Å². The molecule has 0 aliphatic carbocycles. The molecule has 0 heterocycles. The van der Waals surface area contributed by atoms with Crippen LogP contribution in [-0.4, -0.2) is 22.9 Å². The molecule has 0 aliphatic heterocycles. The van der Waals surface area contributed by atoms with E-state index in [1.165, 1.54) is 5.56 Å². The van der Waals surface area contributed by atoms with E-state index >= 15 is 0 Å². The molecule has 0 saturated carbocycles. The smallest absolute Gasteiger partial charge is 0.0724 e. The molecule has 0 fully saturated rings. The summed E-state index contributed by atoms with van der Waals surface area (Å²) in [5.74, 6) is 0. The van der Waals surface area contributed by atoms with E-state index in [1.807, 2.05) is 30.4 Å². The Morgan fingerprint density at radius 3 is 2.59 bits per heavy atom. The first-order chi connectivity index (χ1) is 8.33. The summed E-state index contributed by atoms with van der Waals surface area (Å²) in [5, 5.41) is 18.3. The lowest BCUT2D eigenvalue weighted by Gasteiger charge is -2.05. The number of hydrogen-bond donors (Lipinski definition) is 2. The highest BCUT2D eigenvalue weighted by Gasteiger charge is 1.99. The van der Waals surface area contributed by atoms with Gasteiger partial charge in [-0.15, -0.1) is 0 Å². The van der Waals surface area contributed by atoms with E-state index in [0.717, 1.165) is 32.1 Å². The Kier molecular flexibility index (Phi) is 7.35. The Morgan fingerprint density at radius 2 is 1.88 bits per heavy atom. The zero-order valence-corrected chi connectivity index (χ0v) is 10.3. The van der Waals surface area contributed by atoms with Crippen LogP contribution in [0.5, 0.6) is 0 Å². The van der Waals surface area contributed by atoms with Gasteiger partial charge in [-0.2, -0.15) is 0 Å². The molecule has 1 rings (SSSR count). The zero-order chi connectivity index (χ0) is 12.3. The van der Waals surface area contributed by atoms with E-state index in [2.05, 4.69) is 12.1 Å². The molecule has 0 amide bonds. The SMILES string of the molecule is OCCCC/C=C\[C@H](O)CCc1ccccc1. The fourth-order valence-corrected chi connectivity index (χ4v) is 1.68. The molecule has 1 atom stereocenters. The van der Waals surface area contributed by atoms with Gasteiger partial charge in [0, 0.05) is 6.61 Å². The lowest BCUT2D eigenvalue weighted by atomic mass is 10.1. The molecular weight excluding hydrogens is 212 g/mol. The number of aliphatic hydroxyl groups excluding tert-OH is 2. The Labute approximate surface area is 104 Å². The van der Waals surface area contributed by atoms with Gasteiger partial charge in [0.1, 0.15) is 0 Å². The maximum absolute atomic E-state index is 9.73. The van der Waals surface area contributed by atoms with Crippen molar-refractivity contribution in [3.63, 3.8) is 0 Å². The summed E-state index contributed by atoms with van der Waals surface area (Å²) in [6, 6.07) is 10.2. The average molecular weight is 234 g/mol. The zero-order valence-electron chi connectivity index (χ0n) is 10.3. The first kappa shape index (κ1) is 13.9. The number of unbranched alkanes of at least 4 members (excludes halogenated alkanes) is 2. The highest BCUT2D eigenvalue weighted by Crippen LogP contribution is 2.06. The van der Waals surface area contributed by atoms with Gasteiger partial charge in [-0.05, 0) is 37.7 Å². The van der Waals surface area contributed by atoms with E-state index in [0.29, 0.717) is 0 Å². The van der Waals surface area contributed by atoms with Crippen molar-refractivity contribution in [2.75, 3.05) is 6.61 Å². The van der Waals surface area contributed by atoms with Crippen molar-refractivity contribution in [3.8, 4) is 0 Å². The van der Waals surface area contributed by atoms with Crippen LogP contribution in [0.25, 0.3) is 0 Å². The molecule has 0 unspecified atom stereocenters. The van der Waals surface area contributed by atoms with Crippen molar-refractivity contribution in [2.24, 2.45) is 0 Å². The lowest BCUT2D eigenvalue weighted by Crippen LogP contribution is -2.03. The third-order valence-corrected chi connectivity index (χ3v) is 2.71. The molecular formula is C15H22O2. The first-order valence-electron chi connectivity index (χ1n) is 6.32. The van der Waals surface area contributed by atoms with Crippen LogP contribution >= 0.6 is 0 Å². The van der Waals surface area contributed by atoms with Crippen molar-refractivity contribution < 1.29 is 10.2 Å². The summed E-state index contributed by atoms with van der Waals surface area (Å²) in [6.45, 7) is 0.254. The molecule has 2 nitrogen and oxygen atoms in total. The van der Waals surface area contributed by atoms with Crippen LogP contribution in [-0.2, 0) is 6.42 Å². The van der Waals surface area contributed by atoms with Crippen molar-refractivity contribution in [1.82, 2.24) is 0 Å². The molecule has 0 aliphatic rings. The predicted molar refractivity (Wildman–Crippen MR) is 70.8 cm³/mol. The molecule has 2 N–H and O–H groups in total. The van der Waals surface area contributed by atoms with Crippen LogP contribution in [0, 0.1) is 0 Å². The van der Waals surface area contributed by atoms with Crippen LogP contribution in [0.15, 0.2) is 42.5 Å². The number of benzene rings is 1. The van der Waals surface area contributed by atoms with Crippen molar-refractivity contribution in [3.05, 3.63) is 48.0 Å². The first-order valence-corrected chi connectivity index (χ1v) is 6.32. The average Bonchev–Trinajstić information content (AvgIpc) is 2.37. The number of rotatable bonds is 8. The second kappa shape index (κ2) is 8.97. The van der Waals surface area contributed by atoms with E-state index in [4.69, 9.17) is 5.11 Å². The Balaban J connectivity index is 2.14. The molecule has 0 spiro atoms. The summed E-state index contributed by atoms with van der Waals surface area (Å²) in [6.07, 6.45) is 7.94. The van der Waals surface area contributed by atoms with Gasteiger partial charge in [0.15, 0.2) is 0 Å². The third kappa shape index (κ3) is 6.93. The molecule has 1 aromatic rings. The second-order valence-corrected chi connectivity index (χ2v) is 4.24. The maximum atomic E-state index is 9.73. The quantitative estimate of drug-likeness (QED) is 0.536. The molecule has 1 aromatic carbocycles. The molecule has 0 aromatic heterocycles. The van der Waals surface area contributed by atoms with Crippen LogP contribution in [0.1, 0.15) is 31.2 Å². The normalized spacial score (nSPS) is 13.1. The number of allylic oxidation sites excluding steroid dienone is 1. The summed E-state index contributed by atoms with van der Waals surface area (Å²) >= 11 is 0. The van der Waals surface area contributed by atoms with E-state index in [9.17, 15) is 5.11 Å². The largest absolute Gasteiger partial charge is 0.396 e. The Hall–Kier alpha value is -1.12. The molecule has 2 heteroatoms. The molecule has 94 valence electrons. The summed E-state index contributed by atoms with van der Waals surface area (Å²) in [7, 11) is 0. The fourth-order valence-electron chi connectivity index (χ4n) is 1.68. The minimum absolute atomic E-state index is 0.254. The minimum atomic E-state index is -0.357. The number of aliphatic hydroxyl groups is 2. The van der Waals surface area contributed by atoms with Crippen molar-refractivity contribution in [1.29, 1.82) is 0 Å². The maximum Gasteiger partial charge on any atom is 0.0724 e. The van der Waals surface area contributed by atoms with Gasteiger partial charge in [-0.1, -0.05) is 42.5 Å². The highest BCUT2D eigenvalue weighted by molar-refractivity contribution is 5.14. The standard InChI is InChI=1S/C15H22O2/c16-13-7-2-1-6-10-15(17)12-11-14-8-4-3-5-9-14/h3-6,8-10,15-17H,1-2,7,11-13H2/b10-6-/t15-/m0/s1. The monoisotopic (exact) mass is 234 g/mol. The van der Waals surface area contributed by atoms with Crippen LogP contribution in [0.3, 0.4) is 0 Å². The predicted octanol–water partition coefficient (Wildman–Crippen LogP) is 2.70. The van der Waals surface area contributed by atoms with Crippen LogP contribution in [0.2, 0.25) is 0 Å². The fraction of sp³-hybridized carbons (Fsp3) is 0.467. The van der Waals surface area contributed by atoms with Crippen LogP contribution < -0.4 is 0 Å². The van der Waals surface area contributed by atoms with Gasteiger partial charge >= 0.3 is 0 Å². The van der Waals surface area contributed by atoms with Gasteiger partial charge in [-0.3, -0.25) is 0 Å². The third-order valence-electron chi connectivity index (χ3n) is 2.71. The topological polar surface area (TPSA) is 40.5 Å². The van der Waals surface area contributed by atoms with E-state index in [1.54, 1.807) is 0 Å². The van der Waals surface area contributed by atoms with Crippen LogP contribution in [0.4, 0.5) is 0 Å². The molecule has 17 heavy (non-hydrogen) atoms. The Bertz CT molecular complexity index is 306. The molecule has 0 bridgehead atoms. The number of aryl methyl sites for hydroxylation is 1. The molecule has 0 saturated heterocycles. The van der Waals surface area contributed by atoms with Gasteiger partial charge in [0.2, 0.25) is 0 Å². The van der Waals surface area contributed by atoms with Gasteiger partial charge in [0.25, 0.3) is 0 Å². The van der Waals surface area contributed by atoms with E-state index in [-0.39, 0.29) is 12.7 Å². The lowest BCUT2D eigenvalue weighted by molar-refractivity contribution is 0.212.